The molecule has 24 heavy (non-hydrogen) atoms. The summed E-state index contributed by atoms with van der Waals surface area (Å²) in [4.78, 5) is 2.56. The summed E-state index contributed by atoms with van der Waals surface area (Å²) in [5, 5.41) is 0. The van der Waals surface area contributed by atoms with Gasteiger partial charge in [-0.1, -0.05) is 24.3 Å². The Morgan fingerprint density at radius 2 is 1.75 bits per heavy atom. The number of anilines is 1. The maximum atomic E-state index is 12.7. The minimum Gasteiger partial charge on any atom is -0.398 e. The monoisotopic (exact) mass is 345 g/mol. The third-order valence-corrected chi connectivity index (χ3v) is 6.45. The van der Waals surface area contributed by atoms with Crippen LogP contribution in [0.4, 0.5) is 5.69 Å². The molecule has 0 aliphatic carbocycles. The summed E-state index contributed by atoms with van der Waals surface area (Å²) in [7, 11) is 1.67. The minimum atomic E-state index is -3.51. The highest BCUT2D eigenvalue weighted by Crippen LogP contribution is 2.36. The molecule has 2 N–H and O–H groups in total. The smallest absolute Gasteiger partial charge is 0.243 e. The predicted octanol–water partition coefficient (Wildman–Crippen LogP) is 2.17. The largest absolute Gasteiger partial charge is 0.398 e. The van der Waals surface area contributed by atoms with Gasteiger partial charge in [0.25, 0.3) is 0 Å². The number of rotatable bonds is 3. The van der Waals surface area contributed by atoms with Crippen LogP contribution < -0.4 is 5.73 Å². The van der Waals surface area contributed by atoms with E-state index in [2.05, 4.69) is 11.9 Å². The molecule has 5 nitrogen and oxygen atoms in total. The van der Waals surface area contributed by atoms with E-state index >= 15 is 0 Å². The maximum Gasteiger partial charge on any atom is 0.243 e. The van der Waals surface area contributed by atoms with Crippen LogP contribution in [-0.2, 0) is 23.0 Å². The second-order valence-electron chi connectivity index (χ2n) is 6.43. The number of sulfonamides is 1. The van der Waals surface area contributed by atoms with E-state index in [4.69, 9.17) is 5.73 Å². The molecule has 0 bridgehead atoms. The Morgan fingerprint density at radius 3 is 2.46 bits per heavy atom. The van der Waals surface area contributed by atoms with Gasteiger partial charge >= 0.3 is 0 Å². The Kier molecular flexibility index (Phi) is 4.38. The van der Waals surface area contributed by atoms with Crippen LogP contribution in [0.25, 0.3) is 11.1 Å². The third-order valence-electron chi connectivity index (χ3n) is 4.57. The average Bonchev–Trinajstić information content (AvgIpc) is 2.55. The van der Waals surface area contributed by atoms with Crippen LogP contribution in [-0.4, -0.2) is 45.3 Å². The molecule has 0 amide bonds. The summed E-state index contributed by atoms with van der Waals surface area (Å²) >= 11 is 0. The van der Waals surface area contributed by atoms with E-state index in [1.54, 1.807) is 26.2 Å². The van der Waals surface area contributed by atoms with Crippen molar-refractivity contribution in [2.75, 3.05) is 33.4 Å². The maximum absolute atomic E-state index is 12.7. The molecule has 1 aliphatic heterocycles. The summed E-state index contributed by atoms with van der Waals surface area (Å²) in [6.45, 7) is 1.73. The topological polar surface area (TPSA) is 66.6 Å². The number of benzene rings is 2. The molecular formula is C18H23N3O2S. The molecule has 2 aromatic carbocycles. The highest BCUT2D eigenvalue weighted by atomic mass is 32.2. The van der Waals surface area contributed by atoms with Crippen LogP contribution >= 0.6 is 0 Å². The third kappa shape index (κ3) is 2.81. The number of likely N-dealkylation sites (N-methyl/N-ethyl adjacent to an activating group) is 1. The van der Waals surface area contributed by atoms with Crippen molar-refractivity contribution in [1.29, 1.82) is 0 Å². The summed E-state index contributed by atoms with van der Waals surface area (Å²) < 4.78 is 26.7. The summed E-state index contributed by atoms with van der Waals surface area (Å²) in [5.41, 5.74) is 10.9. The van der Waals surface area contributed by atoms with Crippen LogP contribution in [0.1, 0.15) is 11.1 Å². The molecule has 0 unspecified atom stereocenters. The minimum absolute atomic E-state index is 0.334. The van der Waals surface area contributed by atoms with Gasteiger partial charge in [-0.25, -0.2) is 12.7 Å². The lowest BCUT2D eigenvalue weighted by Gasteiger charge is -2.28. The van der Waals surface area contributed by atoms with E-state index in [9.17, 15) is 8.42 Å². The van der Waals surface area contributed by atoms with E-state index < -0.39 is 10.0 Å². The van der Waals surface area contributed by atoms with Crippen molar-refractivity contribution in [1.82, 2.24) is 9.21 Å². The van der Waals surface area contributed by atoms with Crippen LogP contribution in [0, 0.1) is 0 Å². The molecule has 0 fully saturated rings. The van der Waals surface area contributed by atoms with Crippen LogP contribution in [0.5, 0.6) is 0 Å². The molecular weight excluding hydrogens is 322 g/mol. The van der Waals surface area contributed by atoms with Gasteiger partial charge in [-0.05, 0) is 42.3 Å². The number of nitrogens with zero attached hydrogens (tertiary/aromatic N) is 2. The molecule has 0 aromatic heterocycles. The van der Waals surface area contributed by atoms with Gasteiger partial charge in [-0.3, -0.25) is 0 Å². The molecule has 0 radical (unpaired) electrons. The first-order chi connectivity index (χ1) is 11.3. The number of nitrogens with two attached hydrogens (primary N) is 1. The Labute approximate surface area is 143 Å². The zero-order valence-corrected chi connectivity index (χ0v) is 15.1. The number of fused-ring (bicyclic) bond motifs is 1. The lowest BCUT2D eigenvalue weighted by atomic mass is 9.90. The fraction of sp³-hybridized carbons (Fsp3) is 0.333. The van der Waals surface area contributed by atoms with Gasteiger partial charge in [0.2, 0.25) is 10.0 Å². The average molecular weight is 345 g/mol. The second kappa shape index (κ2) is 6.20. The van der Waals surface area contributed by atoms with Crippen molar-refractivity contribution in [3.05, 3.63) is 47.5 Å². The predicted molar refractivity (Wildman–Crippen MR) is 97.2 cm³/mol. The quantitative estimate of drug-likeness (QED) is 0.866. The van der Waals surface area contributed by atoms with Gasteiger partial charge in [0.15, 0.2) is 0 Å². The van der Waals surface area contributed by atoms with E-state index in [-0.39, 0.29) is 0 Å². The zero-order chi connectivity index (χ0) is 17.5. The first kappa shape index (κ1) is 17.0. The molecule has 128 valence electrons. The Hall–Kier alpha value is -1.89. The lowest BCUT2D eigenvalue weighted by molar-refractivity contribution is 0.314. The summed E-state index contributed by atoms with van der Waals surface area (Å²) in [5.74, 6) is 0. The van der Waals surface area contributed by atoms with E-state index in [0.29, 0.717) is 4.90 Å². The van der Waals surface area contributed by atoms with Crippen molar-refractivity contribution >= 4 is 15.7 Å². The van der Waals surface area contributed by atoms with Gasteiger partial charge in [-0.2, -0.15) is 0 Å². The first-order valence-corrected chi connectivity index (χ1v) is 9.37. The lowest BCUT2D eigenvalue weighted by Crippen LogP contribution is -2.28. The van der Waals surface area contributed by atoms with Crippen molar-refractivity contribution < 1.29 is 8.42 Å². The SMILES string of the molecule is CN1CCc2c(-c3ccccc3S(=O)(=O)N(C)C)ccc(N)c2C1. The fourth-order valence-corrected chi connectivity index (χ4v) is 4.30. The zero-order valence-electron chi connectivity index (χ0n) is 14.3. The van der Waals surface area contributed by atoms with Crippen LogP contribution in [0.2, 0.25) is 0 Å². The molecule has 2 aromatic rings. The number of hydrogen-bond donors (Lipinski definition) is 1. The Morgan fingerprint density at radius 1 is 1.04 bits per heavy atom. The fourth-order valence-electron chi connectivity index (χ4n) is 3.20. The normalized spacial score (nSPS) is 15.5. The highest BCUT2D eigenvalue weighted by molar-refractivity contribution is 7.89. The van der Waals surface area contributed by atoms with Crippen molar-refractivity contribution in [2.45, 2.75) is 17.9 Å². The number of hydrogen-bond acceptors (Lipinski definition) is 4. The van der Waals surface area contributed by atoms with Gasteiger partial charge in [0.1, 0.15) is 0 Å². The van der Waals surface area contributed by atoms with Gasteiger partial charge in [0.05, 0.1) is 4.90 Å². The van der Waals surface area contributed by atoms with Gasteiger partial charge in [-0.15, -0.1) is 0 Å². The van der Waals surface area contributed by atoms with Crippen LogP contribution in [0.15, 0.2) is 41.3 Å². The highest BCUT2D eigenvalue weighted by Gasteiger charge is 2.25. The van der Waals surface area contributed by atoms with Gasteiger partial charge in [0, 0.05) is 38.4 Å². The van der Waals surface area contributed by atoms with Crippen molar-refractivity contribution in [3.63, 3.8) is 0 Å². The molecule has 1 aliphatic rings. The Balaban J connectivity index is 2.24. The molecule has 0 atom stereocenters. The first-order valence-electron chi connectivity index (χ1n) is 7.93. The molecule has 1 heterocycles. The van der Waals surface area contributed by atoms with Gasteiger partial charge < -0.3 is 10.6 Å². The Bertz CT molecular complexity index is 876. The molecule has 6 heteroatoms. The number of nitrogen functional groups attached to an aromatic ring is 1. The van der Waals surface area contributed by atoms with E-state index in [1.807, 2.05) is 24.3 Å². The molecule has 3 rings (SSSR count). The van der Waals surface area contributed by atoms with Crippen molar-refractivity contribution in [3.8, 4) is 11.1 Å². The molecule has 0 saturated carbocycles. The summed E-state index contributed by atoms with van der Waals surface area (Å²) in [6, 6.07) is 11.0. The van der Waals surface area contributed by atoms with E-state index in [1.165, 1.54) is 4.31 Å². The van der Waals surface area contributed by atoms with E-state index in [0.717, 1.165) is 47.5 Å². The summed E-state index contributed by atoms with van der Waals surface area (Å²) in [6.07, 6.45) is 0.864. The van der Waals surface area contributed by atoms with Crippen LogP contribution in [0.3, 0.4) is 0 Å². The molecule has 0 spiro atoms. The molecule has 0 saturated heterocycles. The van der Waals surface area contributed by atoms with Crippen molar-refractivity contribution in [2.24, 2.45) is 0 Å². The standard InChI is InChI=1S/C18H23N3O2S/c1-20(2)24(22,23)18-7-5-4-6-15(18)13-8-9-17(19)16-12-21(3)11-10-14(13)16/h4-9H,10-12,19H2,1-3H3. The second-order valence-corrected chi connectivity index (χ2v) is 8.55.